The van der Waals surface area contributed by atoms with Crippen molar-refractivity contribution in [2.24, 2.45) is 11.8 Å². The van der Waals surface area contributed by atoms with Gasteiger partial charge in [0.15, 0.2) is 5.78 Å². The number of rotatable bonds is 8. The number of nitrogens with zero attached hydrogens (tertiary/aromatic N) is 3. The number of hydrogen-bond donors (Lipinski definition) is 0. The molecule has 232 valence electrons. The van der Waals surface area contributed by atoms with Crippen molar-refractivity contribution in [3.63, 3.8) is 0 Å². The maximum atomic E-state index is 13.7. The second-order valence-electron chi connectivity index (χ2n) is 10.3. The number of nitro benzene ring substituents is 1. The van der Waals surface area contributed by atoms with Crippen LogP contribution in [-0.4, -0.2) is 60.6 Å². The Morgan fingerprint density at radius 2 is 1.44 bits per heavy atom. The fourth-order valence-corrected chi connectivity index (χ4v) is 6.90. The summed E-state index contributed by atoms with van der Waals surface area (Å²) < 4.78 is 5.34. The first kappa shape index (κ1) is 32.7. The summed E-state index contributed by atoms with van der Waals surface area (Å²) in [6, 6.07) is 14.4. The number of alkyl halides is 2. The molecule has 1 saturated heterocycles. The molecule has 2 aliphatic rings. The van der Waals surface area contributed by atoms with E-state index in [1.165, 1.54) is 54.6 Å². The van der Waals surface area contributed by atoms with Crippen LogP contribution in [0.15, 0.2) is 66.7 Å². The Morgan fingerprint density at radius 3 is 1.98 bits per heavy atom. The molecule has 5 rings (SSSR count). The van der Waals surface area contributed by atoms with E-state index in [4.69, 9.17) is 27.9 Å². The summed E-state index contributed by atoms with van der Waals surface area (Å²) in [7, 11) is 0. The van der Waals surface area contributed by atoms with Crippen molar-refractivity contribution >= 4 is 90.2 Å². The summed E-state index contributed by atoms with van der Waals surface area (Å²) in [5.74, 6) is -4.75. The maximum absolute atomic E-state index is 13.7. The number of halogens is 4. The maximum Gasteiger partial charge on any atom is 0.345 e. The molecule has 45 heavy (non-hydrogen) atoms. The first-order valence-electron chi connectivity index (χ1n) is 13.4. The number of hydrogen-bond acceptors (Lipinski definition) is 8. The van der Waals surface area contributed by atoms with Gasteiger partial charge < -0.3 is 4.74 Å². The number of ketones is 1. The van der Waals surface area contributed by atoms with Gasteiger partial charge in [-0.05, 0) is 67.4 Å². The van der Waals surface area contributed by atoms with Crippen LogP contribution in [0, 0.1) is 22.0 Å². The van der Waals surface area contributed by atoms with Crippen molar-refractivity contribution < 1.29 is 33.6 Å². The largest absolute Gasteiger partial charge is 0.423 e. The molecule has 1 aliphatic carbocycles. The Hall–Kier alpha value is -3.65. The number of fused-ring (bicyclic) bond motifs is 1. The molecule has 3 aromatic rings. The lowest BCUT2D eigenvalue weighted by molar-refractivity contribution is -0.384. The van der Waals surface area contributed by atoms with Gasteiger partial charge in [0.05, 0.1) is 27.3 Å². The van der Waals surface area contributed by atoms with Crippen LogP contribution in [0.5, 0.6) is 5.75 Å². The van der Waals surface area contributed by atoms with E-state index in [1.807, 2.05) is 0 Å². The number of benzene rings is 3. The molecule has 3 amide bonds. The van der Waals surface area contributed by atoms with Crippen LogP contribution in [0.3, 0.4) is 0 Å². The van der Waals surface area contributed by atoms with Crippen LogP contribution in [-0.2, 0) is 9.59 Å². The second-order valence-corrected chi connectivity index (χ2v) is 13.5. The minimum Gasteiger partial charge on any atom is -0.423 e. The van der Waals surface area contributed by atoms with Crippen LogP contribution in [0.1, 0.15) is 43.9 Å². The Morgan fingerprint density at radius 1 is 0.889 bits per heavy atom. The first-order chi connectivity index (χ1) is 21.3. The average Bonchev–Trinajstić information content (AvgIpc) is 3.24. The van der Waals surface area contributed by atoms with E-state index in [0.717, 1.165) is 22.2 Å². The van der Waals surface area contributed by atoms with Crippen LogP contribution in [0.4, 0.5) is 5.69 Å². The summed E-state index contributed by atoms with van der Waals surface area (Å²) >= 11 is 19.0. The number of ether oxygens (including phenoxy) is 1. The van der Waals surface area contributed by atoms with E-state index in [9.17, 15) is 34.1 Å². The average molecular weight is 782 g/mol. The number of amides is 3. The molecule has 11 nitrogen and oxygen atoms in total. The highest BCUT2D eigenvalue weighted by atomic mass is 79.9. The molecule has 0 bridgehead atoms. The van der Waals surface area contributed by atoms with Crippen LogP contribution in [0.25, 0.3) is 0 Å². The molecular weight excluding hydrogens is 761 g/mol. The third-order valence-corrected chi connectivity index (χ3v) is 10.8. The first-order valence-corrected chi connectivity index (χ1v) is 16.0. The van der Waals surface area contributed by atoms with Gasteiger partial charge in [0.2, 0.25) is 0 Å². The lowest BCUT2D eigenvalue weighted by atomic mass is 9.81. The second kappa shape index (κ2) is 13.4. The van der Waals surface area contributed by atoms with Crippen LogP contribution < -0.4 is 4.74 Å². The van der Waals surface area contributed by atoms with E-state index in [-0.39, 0.29) is 42.8 Å². The predicted octanol–water partition coefficient (Wildman–Crippen LogP) is 6.28. The molecule has 0 N–H and O–H groups in total. The standard InChI is InChI=1S/C30H21Br2Cl2N3O8/c31-23-12-21-22(13-24(23)32)29(41)36(28(21)40)35(27(39)16-1-6-18(7-2-16)37(43)44)14-26(38)15-3-8-19(9-4-15)45-30(42)20-10-5-17(33)11-25(20)34/h1-11,21-24H,12-14H2/t21-,22-,23-,24+/m1/s1. The van der Waals surface area contributed by atoms with Gasteiger partial charge in [-0.1, -0.05) is 55.1 Å². The zero-order chi connectivity index (χ0) is 32.6. The normalized spacial score (nSPS) is 20.8. The molecule has 15 heteroatoms. The zero-order valence-electron chi connectivity index (χ0n) is 22.9. The van der Waals surface area contributed by atoms with Gasteiger partial charge in [-0.25, -0.2) is 9.80 Å². The van der Waals surface area contributed by atoms with Crippen molar-refractivity contribution in [1.29, 1.82) is 0 Å². The number of non-ortho nitro benzene ring substituents is 1. The number of esters is 1. The summed E-state index contributed by atoms with van der Waals surface area (Å²) in [6.45, 7) is -0.693. The van der Waals surface area contributed by atoms with Gasteiger partial charge in [-0.15, -0.1) is 0 Å². The smallest absolute Gasteiger partial charge is 0.345 e. The molecule has 2 fully saturated rings. The summed E-state index contributed by atoms with van der Waals surface area (Å²) in [4.78, 5) is 77.2. The SMILES string of the molecule is O=C(CN(C(=O)c1ccc([N+](=O)[O-])cc1)N1C(=O)[C@@H]2C[C@@H](Br)[C@@H](Br)C[C@H]2C1=O)c1ccc(OC(=O)c2ccc(Cl)cc2Cl)cc1. The Balaban J connectivity index is 1.39. The predicted molar refractivity (Wildman–Crippen MR) is 170 cm³/mol. The third-order valence-electron chi connectivity index (χ3n) is 7.52. The van der Waals surface area contributed by atoms with Crippen LogP contribution >= 0.6 is 55.1 Å². The van der Waals surface area contributed by atoms with Gasteiger partial charge >= 0.3 is 5.97 Å². The number of nitro groups is 1. The Labute approximate surface area is 282 Å². The van der Waals surface area contributed by atoms with Gasteiger partial charge in [-0.2, -0.15) is 5.01 Å². The minimum atomic E-state index is -0.866. The minimum absolute atomic E-state index is 0.0660. The monoisotopic (exact) mass is 779 g/mol. The van der Waals surface area contributed by atoms with Gasteiger partial charge in [0, 0.05) is 37.9 Å². The Kier molecular flexibility index (Phi) is 9.73. The number of imide groups is 1. The highest BCUT2D eigenvalue weighted by molar-refractivity contribution is 9.12. The fourth-order valence-electron chi connectivity index (χ4n) is 5.18. The van der Waals surface area contributed by atoms with E-state index in [1.54, 1.807) is 0 Å². The summed E-state index contributed by atoms with van der Waals surface area (Å²) in [5.41, 5.74) is -0.152. The molecule has 0 radical (unpaired) electrons. The molecular formula is C30H21Br2Cl2N3O8. The molecule has 0 unspecified atom stereocenters. The highest BCUT2D eigenvalue weighted by Crippen LogP contribution is 2.43. The van der Waals surface area contributed by atoms with Crippen molar-refractivity contribution in [3.8, 4) is 5.75 Å². The number of hydrazine groups is 1. The molecule has 1 aliphatic heterocycles. The molecule has 4 atom stereocenters. The van der Waals surface area contributed by atoms with Crippen molar-refractivity contribution in [3.05, 3.63) is 104 Å². The summed E-state index contributed by atoms with van der Waals surface area (Å²) in [5, 5.41) is 13.1. The number of Topliss-reactive ketones (excluding diaryl/α,β-unsaturated/α-hetero) is 1. The van der Waals surface area contributed by atoms with Crippen molar-refractivity contribution in [1.82, 2.24) is 10.0 Å². The molecule has 0 spiro atoms. The molecule has 3 aromatic carbocycles. The van der Waals surface area contributed by atoms with Crippen LogP contribution in [0.2, 0.25) is 10.0 Å². The van der Waals surface area contributed by atoms with E-state index < -0.39 is 52.8 Å². The molecule has 1 saturated carbocycles. The molecule has 0 aromatic heterocycles. The van der Waals surface area contributed by atoms with Gasteiger partial charge in [-0.3, -0.25) is 29.3 Å². The fraction of sp³-hybridized carbons (Fsp3) is 0.233. The lowest BCUT2D eigenvalue weighted by Crippen LogP contribution is -2.52. The van der Waals surface area contributed by atoms with E-state index in [2.05, 4.69) is 31.9 Å². The zero-order valence-corrected chi connectivity index (χ0v) is 27.6. The highest BCUT2D eigenvalue weighted by Gasteiger charge is 2.54. The lowest BCUT2D eigenvalue weighted by Gasteiger charge is -2.30. The topological polar surface area (TPSA) is 144 Å². The van der Waals surface area contributed by atoms with E-state index in [0.29, 0.717) is 17.9 Å². The molecule has 1 heterocycles. The van der Waals surface area contributed by atoms with E-state index >= 15 is 0 Å². The van der Waals surface area contributed by atoms with Crippen molar-refractivity contribution in [2.75, 3.05) is 6.54 Å². The quantitative estimate of drug-likeness (QED) is 0.0494. The summed E-state index contributed by atoms with van der Waals surface area (Å²) in [6.07, 6.45) is 0.688. The number of carbonyl (C=O) groups excluding carboxylic acids is 5. The third kappa shape index (κ3) is 6.81. The van der Waals surface area contributed by atoms with Crippen molar-refractivity contribution in [2.45, 2.75) is 22.5 Å². The van der Waals surface area contributed by atoms with Gasteiger partial charge in [0.25, 0.3) is 23.4 Å². The van der Waals surface area contributed by atoms with Gasteiger partial charge in [0.1, 0.15) is 12.3 Å². The Bertz CT molecular complexity index is 1690. The number of carbonyl (C=O) groups is 5.